The van der Waals surface area contributed by atoms with Gasteiger partial charge in [0.2, 0.25) is 5.91 Å². The van der Waals surface area contributed by atoms with Crippen LogP contribution in [0.4, 0.5) is 4.39 Å². The highest BCUT2D eigenvalue weighted by Gasteiger charge is 2.41. The lowest BCUT2D eigenvalue weighted by molar-refractivity contribution is -0.129. The smallest absolute Gasteiger partial charge is 0.226 e. The maximum absolute atomic E-state index is 13.4. The van der Waals surface area contributed by atoms with Crippen molar-refractivity contribution in [2.75, 3.05) is 47.3 Å². The lowest BCUT2D eigenvalue weighted by atomic mass is 9.72. The number of hydrogen-bond donors (Lipinski definition) is 1. The molecule has 1 N–H and O–H groups in total. The van der Waals surface area contributed by atoms with Crippen LogP contribution in [-0.2, 0) is 11.2 Å². The molecule has 0 saturated carbocycles. The van der Waals surface area contributed by atoms with Crippen molar-refractivity contribution in [3.63, 3.8) is 0 Å². The van der Waals surface area contributed by atoms with Gasteiger partial charge in [0.15, 0.2) is 0 Å². The van der Waals surface area contributed by atoms with Gasteiger partial charge in [-0.2, -0.15) is 0 Å². The summed E-state index contributed by atoms with van der Waals surface area (Å²) < 4.78 is 13.4. The number of nitrogens with zero attached hydrogens (tertiary/aromatic N) is 3. The molecule has 4 rings (SSSR count). The standard InChI is InChI=1S/C27H37FN4O/c1-30(2)27(22-8-5-4-6-9-22)12-16-32(17-13-27)15-7-14-31(3)26(33)18-21-20-29-25-19-23(28)10-11-24(21)25/h4-6,8,10-11,19-20,22,29H,7,9,12-18H2,1-3H3. The van der Waals surface area contributed by atoms with Crippen LogP contribution in [0.3, 0.4) is 0 Å². The number of carbonyl (C=O) groups excluding carboxylic acids is 1. The van der Waals surface area contributed by atoms with Crippen LogP contribution in [0.15, 0.2) is 48.7 Å². The lowest BCUT2D eigenvalue weighted by Crippen LogP contribution is -2.56. The minimum absolute atomic E-state index is 0.0997. The zero-order chi connectivity index (χ0) is 23.4. The molecule has 1 aromatic heterocycles. The highest BCUT2D eigenvalue weighted by atomic mass is 19.1. The second kappa shape index (κ2) is 10.2. The second-order valence-corrected chi connectivity index (χ2v) is 9.84. The minimum Gasteiger partial charge on any atom is -0.361 e. The number of hydrogen-bond acceptors (Lipinski definition) is 3. The molecule has 2 aliphatic rings. The quantitative estimate of drug-likeness (QED) is 0.652. The van der Waals surface area contributed by atoms with E-state index in [9.17, 15) is 9.18 Å². The van der Waals surface area contributed by atoms with Gasteiger partial charge in [0, 0.05) is 36.2 Å². The largest absolute Gasteiger partial charge is 0.361 e. The maximum Gasteiger partial charge on any atom is 0.226 e. The van der Waals surface area contributed by atoms with Gasteiger partial charge in [-0.05, 0) is 89.1 Å². The van der Waals surface area contributed by atoms with Gasteiger partial charge in [-0.1, -0.05) is 24.3 Å². The summed E-state index contributed by atoms with van der Waals surface area (Å²) in [5.74, 6) is 0.416. The fraction of sp³-hybridized carbons (Fsp3) is 0.519. The summed E-state index contributed by atoms with van der Waals surface area (Å²) in [6, 6.07) is 4.66. The molecule has 5 nitrogen and oxygen atoms in total. The van der Waals surface area contributed by atoms with Gasteiger partial charge in [-0.25, -0.2) is 4.39 Å². The fourth-order valence-corrected chi connectivity index (χ4v) is 5.55. The number of likely N-dealkylation sites (tertiary alicyclic amines) is 1. The molecule has 1 aromatic carbocycles. The molecule has 1 unspecified atom stereocenters. The number of H-pyrrole nitrogens is 1. The summed E-state index contributed by atoms with van der Waals surface area (Å²) in [7, 11) is 6.34. The van der Waals surface area contributed by atoms with Crippen LogP contribution >= 0.6 is 0 Å². The molecule has 178 valence electrons. The van der Waals surface area contributed by atoms with Crippen molar-refractivity contribution in [1.29, 1.82) is 0 Å². The van der Waals surface area contributed by atoms with Gasteiger partial charge in [-0.3, -0.25) is 4.79 Å². The number of nitrogens with one attached hydrogen (secondary N) is 1. The molecule has 2 aromatic rings. The number of carbonyl (C=O) groups is 1. The summed E-state index contributed by atoms with van der Waals surface area (Å²) >= 11 is 0. The summed E-state index contributed by atoms with van der Waals surface area (Å²) in [6.07, 6.45) is 15.7. The third kappa shape index (κ3) is 5.22. The van der Waals surface area contributed by atoms with Crippen LogP contribution in [0.5, 0.6) is 0 Å². The van der Waals surface area contributed by atoms with Crippen LogP contribution in [0.2, 0.25) is 0 Å². The van der Waals surface area contributed by atoms with E-state index < -0.39 is 0 Å². The van der Waals surface area contributed by atoms with Gasteiger partial charge >= 0.3 is 0 Å². The maximum atomic E-state index is 13.4. The van der Waals surface area contributed by atoms with E-state index in [4.69, 9.17) is 0 Å². The zero-order valence-electron chi connectivity index (χ0n) is 20.2. The molecule has 1 fully saturated rings. The third-order valence-corrected chi connectivity index (χ3v) is 7.75. The summed E-state index contributed by atoms with van der Waals surface area (Å²) in [5, 5.41) is 0.916. The van der Waals surface area contributed by atoms with Gasteiger partial charge in [-0.15, -0.1) is 0 Å². The molecule has 6 heteroatoms. The Kier molecular flexibility index (Phi) is 7.35. The molecular formula is C27H37FN4O. The zero-order valence-corrected chi connectivity index (χ0v) is 20.2. The van der Waals surface area contributed by atoms with Crippen molar-refractivity contribution >= 4 is 16.8 Å². The van der Waals surface area contributed by atoms with E-state index in [1.807, 2.05) is 18.1 Å². The number of fused-ring (bicyclic) bond motifs is 1. The van der Waals surface area contributed by atoms with Crippen molar-refractivity contribution < 1.29 is 9.18 Å². The predicted molar refractivity (Wildman–Crippen MR) is 133 cm³/mol. The normalized spacial score (nSPS) is 20.6. The highest BCUT2D eigenvalue weighted by molar-refractivity contribution is 5.88. The van der Waals surface area contributed by atoms with Crippen molar-refractivity contribution in [1.82, 2.24) is 19.7 Å². The van der Waals surface area contributed by atoms with E-state index >= 15 is 0 Å². The number of benzene rings is 1. The molecule has 0 spiro atoms. The number of amides is 1. The van der Waals surface area contributed by atoms with E-state index in [0.717, 1.165) is 55.5 Å². The number of allylic oxidation sites excluding steroid dienone is 3. The predicted octanol–water partition coefficient (Wildman–Crippen LogP) is 4.23. The summed E-state index contributed by atoms with van der Waals surface area (Å²) in [4.78, 5) is 22.6. The molecule has 1 saturated heterocycles. The van der Waals surface area contributed by atoms with E-state index in [-0.39, 0.29) is 17.3 Å². The van der Waals surface area contributed by atoms with Crippen molar-refractivity contribution in [3.8, 4) is 0 Å². The molecule has 1 atom stereocenters. The Hall–Kier alpha value is -2.44. The topological polar surface area (TPSA) is 42.6 Å². The van der Waals surface area contributed by atoms with Crippen LogP contribution < -0.4 is 0 Å². The first-order valence-electron chi connectivity index (χ1n) is 12.1. The number of piperidine rings is 1. The number of aromatic amines is 1. The average molecular weight is 453 g/mol. The number of aromatic nitrogens is 1. The van der Waals surface area contributed by atoms with Crippen molar-refractivity contribution in [3.05, 3.63) is 60.1 Å². The van der Waals surface area contributed by atoms with E-state index in [0.29, 0.717) is 12.3 Å². The molecule has 1 aliphatic heterocycles. The Morgan fingerprint density at radius 3 is 2.70 bits per heavy atom. The molecule has 1 amide bonds. The molecule has 2 heterocycles. The second-order valence-electron chi connectivity index (χ2n) is 9.84. The van der Waals surface area contributed by atoms with E-state index in [2.05, 4.69) is 53.2 Å². The van der Waals surface area contributed by atoms with Gasteiger partial charge in [0.1, 0.15) is 5.82 Å². The van der Waals surface area contributed by atoms with Crippen LogP contribution in [0.25, 0.3) is 10.9 Å². The van der Waals surface area contributed by atoms with Crippen LogP contribution in [0.1, 0.15) is 31.2 Å². The first kappa shape index (κ1) is 23.7. The molecular weight excluding hydrogens is 415 g/mol. The first-order valence-corrected chi connectivity index (χ1v) is 12.1. The number of rotatable bonds is 8. The Labute approximate surface area is 196 Å². The Bertz CT molecular complexity index is 1020. The first-order chi connectivity index (χ1) is 15.9. The van der Waals surface area contributed by atoms with Gasteiger partial charge in [0.25, 0.3) is 0 Å². The van der Waals surface area contributed by atoms with Crippen molar-refractivity contribution in [2.24, 2.45) is 5.92 Å². The summed E-state index contributed by atoms with van der Waals surface area (Å²) in [5.41, 5.74) is 1.90. The fourth-order valence-electron chi connectivity index (χ4n) is 5.55. The lowest BCUT2D eigenvalue weighted by Gasteiger charge is -2.50. The summed E-state index contributed by atoms with van der Waals surface area (Å²) in [6.45, 7) is 3.99. The van der Waals surface area contributed by atoms with Gasteiger partial charge < -0.3 is 19.7 Å². The van der Waals surface area contributed by atoms with E-state index in [1.165, 1.54) is 25.0 Å². The Morgan fingerprint density at radius 2 is 2.00 bits per heavy atom. The van der Waals surface area contributed by atoms with E-state index in [1.54, 1.807) is 6.07 Å². The van der Waals surface area contributed by atoms with Crippen LogP contribution in [-0.4, -0.2) is 78.5 Å². The molecule has 0 radical (unpaired) electrons. The average Bonchev–Trinajstić information content (AvgIpc) is 3.21. The highest BCUT2D eigenvalue weighted by Crippen LogP contribution is 2.38. The Balaban J connectivity index is 1.23. The van der Waals surface area contributed by atoms with Gasteiger partial charge in [0.05, 0.1) is 6.42 Å². The van der Waals surface area contributed by atoms with Crippen LogP contribution in [0, 0.1) is 11.7 Å². The monoisotopic (exact) mass is 452 g/mol. The molecule has 33 heavy (non-hydrogen) atoms. The van der Waals surface area contributed by atoms with Crippen molar-refractivity contribution in [2.45, 2.75) is 37.6 Å². The molecule has 0 bridgehead atoms. The minimum atomic E-state index is -0.271. The number of halogens is 1. The SMILES string of the molecule is CN(CCCN1CCC(C2C=CC=CC2)(N(C)C)CC1)C(=O)Cc1c[nH]c2cc(F)ccc12. The third-order valence-electron chi connectivity index (χ3n) is 7.75. The Morgan fingerprint density at radius 1 is 1.21 bits per heavy atom. The molecule has 1 aliphatic carbocycles. The number of likely N-dealkylation sites (N-methyl/N-ethyl adjacent to an activating group) is 1.